The Morgan fingerprint density at radius 2 is 0.671 bits per heavy atom. The van der Waals surface area contributed by atoms with E-state index in [2.05, 4.69) is 123 Å². The Kier molecular flexibility index (Phi) is 62.8. The number of carboxylic acid groups (broad SMARTS) is 1. The number of nitrogens with zero attached hydrogens (tertiary/aromatic N) is 1. The largest absolute Gasteiger partial charge is 0.477 e. The summed E-state index contributed by atoms with van der Waals surface area (Å²) in [6, 6.07) is 0. The highest BCUT2D eigenvalue weighted by molar-refractivity contribution is 5.71. The van der Waals surface area contributed by atoms with E-state index >= 15 is 0 Å². The van der Waals surface area contributed by atoms with Gasteiger partial charge in [0.2, 0.25) is 0 Å². The molecule has 488 valence electrons. The van der Waals surface area contributed by atoms with Crippen molar-refractivity contribution in [1.29, 1.82) is 0 Å². The van der Waals surface area contributed by atoms with Crippen molar-refractivity contribution in [2.75, 3.05) is 47.5 Å². The highest BCUT2D eigenvalue weighted by atomic mass is 16.7. The minimum atomic E-state index is -1.52. The lowest BCUT2D eigenvalue weighted by atomic mass is 10.0. The van der Waals surface area contributed by atoms with Gasteiger partial charge in [0.15, 0.2) is 6.10 Å². The Balaban J connectivity index is 4.15. The van der Waals surface area contributed by atoms with Gasteiger partial charge in [0.25, 0.3) is 6.29 Å². The van der Waals surface area contributed by atoms with E-state index in [1.54, 1.807) is 0 Å². The third kappa shape index (κ3) is 67.3. The number of ether oxygens (including phenoxy) is 4. The summed E-state index contributed by atoms with van der Waals surface area (Å²) in [7, 11) is 5.98. The van der Waals surface area contributed by atoms with Gasteiger partial charge in [0, 0.05) is 12.8 Å². The second-order valence-corrected chi connectivity index (χ2v) is 24.5. The second kappa shape index (κ2) is 65.9. The Morgan fingerprint density at radius 1 is 0.365 bits per heavy atom. The lowest BCUT2D eigenvalue weighted by Gasteiger charge is -2.25. The number of carbonyl (C=O) groups excluding carboxylic acids is 2. The zero-order valence-corrected chi connectivity index (χ0v) is 55.7. The maximum absolute atomic E-state index is 12.9. The molecule has 0 bridgehead atoms. The van der Waals surface area contributed by atoms with Crippen LogP contribution in [0.3, 0.4) is 0 Å². The summed E-state index contributed by atoms with van der Waals surface area (Å²) >= 11 is 0. The van der Waals surface area contributed by atoms with Crippen molar-refractivity contribution in [3.63, 3.8) is 0 Å². The topological polar surface area (TPSA) is 108 Å². The van der Waals surface area contributed by atoms with E-state index in [-0.39, 0.29) is 32.2 Å². The molecule has 0 saturated carbocycles. The van der Waals surface area contributed by atoms with Gasteiger partial charge in [-0.2, -0.15) is 0 Å². The fourth-order valence-electron chi connectivity index (χ4n) is 9.67. The average molecular weight is 1190 g/mol. The molecule has 0 aliphatic carbocycles. The third-order valence-electron chi connectivity index (χ3n) is 15.0. The smallest absolute Gasteiger partial charge is 0.361 e. The fourth-order valence-corrected chi connectivity index (χ4v) is 9.67. The van der Waals surface area contributed by atoms with E-state index < -0.39 is 24.3 Å². The first-order valence-corrected chi connectivity index (χ1v) is 35.1. The van der Waals surface area contributed by atoms with Crippen LogP contribution in [0.25, 0.3) is 0 Å². The molecule has 1 N–H and O–H groups in total. The van der Waals surface area contributed by atoms with Crippen LogP contribution in [0.4, 0.5) is 0 Å². The van der Waals surface area contributed by atoms with Crippen molar-refractivity contribution in [2.24, 2.45) is 0 Å². The number of hydrogen-bond acceptors (Lipinski definition) is 7. The molecule has 0 spiro atoms. The molecule has 0 radical (unpaired) electrons. The highest BCUT2D eigenvalue weighted by Crippen LogP contribution is 2.17. The molecule has 0 fully saturated rings. The average Bonchev–Trinajstić information content (AvgIpc) is 3.49. The van der Waals surface area contributed by atoms with Crippen LogP contribution in [-0.2, 0) is 33.3 Å². The molecular formula is C76H132NO8+. The molecular weight excluding hydrogens is 1050 g/mol. The van der Waals surface area contributed by atoms with Crippen LogP contribution in [0.5, 0.6) is 0 Å². The first-order chi connectivity index (χ1) is 41.6. The zero-order valence-electron chi connectivity index (χ0n) is 55.7. The standard InChI is InChI=1S/C76H131NO8/c1-6-8-10-12-14-16-18-20-22-24-26-28-30-32-34-35-36-37-38-39-41-43-45-47-49-51-53-55-57-59-61-63-65-67-74(79)85-72(71-84-76(75(80)81)82-69-68-77(3,4)5)70-83-73(78)66-64-62-60-58-56-54-52-50-48-46-44-42-40-33-31-29-27-25-23-21-19-17-15-13-11-9-7-2/h8,10,14,16,19-22,25-28,32,34,36-37,39,41,72,76H,6-7,9,11-13,15,17-18,23-24,29-31,33,35,38,40,42-71H2,1-5H3/p+1/b10-8-,16-14-,21-19-,22-20-,27-25-,28-26-,34-32-,37-36-,41-39-. The van der Waals surface area contributed by atoms with Gasteiger partial charge in [0.1, 0.15) is 13.2 Å². The van der Waals surface area contributed by atoms with Gasteiger partial charge < -0.3 is 28.5 Å². The Hall–Kier alpha value is -4.05. The molecule has 0 amide bonds. The number of carbonyl (C=O) groups is 3. The van der Waals surface area contributed by atoms with Crippen molar-refractivity contribution in [2.45, 2.75) is 309 Å². The van der Waals surface area contributed by atoms with Gasteiger partial charge in [-0.15, -0.1) is 0 Å². The molecule has 0 aromatic carbocycles. The lowest BCUT2D eigenvalue weighted by Crippen LogP contribution is -2.40. The van der Waals surface area contributed by atoms with Crippen molar-refractivity contribution in [1.82, 2.24) is 0 Å². The molecule has 0 aromatic rings. The number of aliphatic carboxylic acids is 1. The maximum atomic E-state index is 12.9. The molecule has 0 saturated heterocycles. The number of esters is 2. The molecule has 0 aliphatic heterocycles. The second-order valence-electron chi connectivity index (χ2n) is 24.5. The van der Waals surface area contributed by atoms with Gasteiger partial charge in [-0.3, -0.25) is 9.59 Å². The van der Waals surface area contributed by atoms with Crippen molar-refractivity contribution < 1.29 is 42.9 Å². The van der Waals surface area contributed by atoms with E-state index in [0.717, 1.165) is 96.3 Å². The molecule has 0 rings (SSSR count). The maximum Gasteiger partial charge on any atom is 0.361 e. The van der Waals surface area contributed by atoms with E-state index in [9.17, 15) is 19.5 Å². The number of quaternary nitrogens is 1. The monoisotopic (exact) mass is 1190 g/mol. The summed E-state index contributed by atoms with van der Waals surface area (Å²) < 4.78 is 23.0. The molecule has 9 heteroatoms. The molecule has 85 heavy (non-hydrogen) atoms. The molecule has 2 unspecified atom stereocenters. The van der Waals surface area contributed by atoms with E-state index in [1.807, 2.05) is 21.1 Å². The van der Waals surface area contributed by atoms with Gasteiger partial charge in [-0.25, -0.2) is 4.79 Å². The predicted octanol–water partition coefficient (Wildman–Crippen LogP) is 21.8. The van der Waals surface area contributed by atoms with Crippen molar-refractivity contribution in [3.8, 4) is 0 Å². The summed E-state index contributed by atoms with van der Waals surface area (Å²) in [6.07, 6.45) is 89.1. The first kappa shape index (κ1) is 81.0. The van der Waals surface area contributed by atoms with Crippen LogP contribution < -0.4 is 0 Å². The minimum Gasteiger partial charge on any atom is -0.477 e. The fraction of sp³-hybridized carbons (Fsp3) is 0.724. The van der Waals surface area contributed by atoms with Gasteiger partial charge in [-0.05, 0) is 103 Å². The van der Waals surface area contributed by atoms with E-state index in [1.165, 1.54) is 167 Å². The number of hydrogen-bond donors (Lipinski definition) is 1. The van der Waals surface area contributed by atoms with Crippen LogP contribution in [-0.4, -0.2) is 87.4 Å². The van der Waals surface area contributed by atoms with Crippen LogP contribution in [0.1, 0.15) is 296 Å². The van der Waals surface area contributed by atoms with Crippen LogP contribution in [0, 0.1) is 0 Å². The Labute approximate surface area is 524 Å². The number of allylic oxidation sites excluding steroid dienone is 18. The van der Waals surface area contributed by atoms with Gasteiger partial charge in [0.05, 0.1) is 34.4 Å². The normalized spacial score (nSPS) is 13.4. The number of unbranched alkanes of at least 4 members (excludes halogenated alkanes) is 31. The highest BCUT2D eigenvalue weighted by Gasteiger charge is 2.25. The quantitative estimate of drug-likeness (QED) is 0.0211. The molecule has 9 nitrogen and oxygen atoms in total. The van der Waals surface area contributed by atoms with E-state index in [4.69, 9.17) is 18.9 Å². The Bertz CT molecular complexity index is 1760. The predicted molar refractivity (Wildman–Crippen MR) is 364 cm³/mol. The Morgan fingerprint density at radius 3 is 1.00 bits per heavy atom. The first-order valence-electron chi connectivity index (χ1n) is 35.1. The van der Waals surface area contributed by atoms with Gasteiger partial charge >= 0.3 is 17.9 Å². The molecule has 0 aliphatic rings. The molecule has 0 heterocycles. The molecule has 0 aromatic heterocycles. The number of rotatable bonds is 64. The van der Waals surface area contributed by atoms with Crippen LogP contribution >= 0.6 is 0 Å². The van der Waals surface area contributed by atoms with Gasteiger partial charge in [-0.1, -0.05) is 290 Å². The van der Waals surface area contributed by atoms with Crippen LogP contribution in [0.2, 0.25) is 0 Å². The lowest BCUT2D eigenvalue weighted by molar-refractivity contribution is -0.870. The third-order valence-corrected chi connectivity index (χ3v) is 15.0. The molecule has 2 atom stereocenters. The van der Waals surface area contributed by atoms with Crippen molar-refractivity contribution in [3.05, 3.63) is 109 Å². The number of likely N-dealkylation sites (N-methyl/N-ethyl adjacent to an activating group) is 1. The summed E-state index contributed by atoms with van der Waals surface area (Å²) in [5.74, 6) is -2.00. The summed E-state index contributed by atoms with van der Waals surface area (Å²) in [5.41, 5.74) is 0. The summed E-state index contributed by atoms with van der Waals surface area (Å²) in [5, 5.41) is 9.75. The summed E-state index contributed by atoms with van der Waals surface area (Å²) in [6.45, 7) is 4.77. The minimum absolute atomic E-state index is 0.183. The van der Waals surface area contributed by atoms with Crippen LogP contribution in [0.15, 0.2) is 109 Å². The van der Waals surface area contributed by atoms with E-state index in [0.29, 0.717) is 23.9 Å². The number of carboxylic acids is 1. The zero-order chi connectivity index (χ0) is 61.9. The SMILES string of the molecule is CC/C=C\C/C=C\C/C=C\C/C=C\C/C=C\C/C=C\C/C=C\CCCCCCCCCCCCCC(=O)OC(COC(=O)CCCCCCCCCCCCCCCCC/C=C\C/C=C\CCCCCCC)COC(OCC[N+](C)(C)C)C(=O)O. The van der Waals surface area contributed by atoms with Crippen molar-refractivity contribution >= 4 is 17.9 Å². The summed E-state index contributed by atoms with van der Waals surface area (Å²) in [4.78, 5) is 37.6.